The number of aliphatic hydroxyl groups excluding tert-OH is 1. The lowest BCUT2D eigenvalue weighted by Crippen LogP contribution is -1.98. The van der Waals surface area contributed by atoms with Crippen molar-refractivity contribution in [2.75, 3.05) is 13.2 Å². The molecule has 1 aromatic carbocycles. The number of aromatic nitrogens is 2. The molecule has 0 saturated heterocycles. The van der Waals surface area contributed by atoms with E-state index in [1.807, 2.05) is 32.0 Å². The molecular formula is C18H20N2O4. The largest absolute Gasteiger partial charge is 0.490 e. The zero-order valence-electron chi connectivity index (χ0n) is 13.7. The third kappa shape index (κ3) is 3.28. The Balaban J connectivity index is 1.90. The summed E-state index contributed by atoms with van der Waals surface area (Å²) >= 11 is 0. The summed E-state index contributed by atoms with van der Waals surface area (Å²) in [6.45, 7) is 4.89. The topological polar surface area (TPSA) is 80.5 Å². The molecule has 0 atom stereocenters. The molecule has 3 rings (SSSR count). The van der Waals surface area contributed by atoms with Crippen LogP contribution in [0.5, 0.6) is 11.5 Å². The monoisotopic (exact) mass is 328 g/mol. The van der Waals surface area contributed by atoms with Gasteiger partial charge in [-0.3, -0.25) is 0 Å². The Morgan fingerprint density at radius 1 is 1.08 bits per heavy atom. The van der Waals surface area contributed by atoms with Gasteiger partial charge in [0, 0.05) is 5.56 Å². The van der Waals surface area contributed by atoms with Crippen LogP contribution in [0.25, 0.3) is 22.8 Å². The van der Waals surface area contributed by atoms with Gasteiger partial charge in [0.1, 0.15) is 12.4 Å². The van der Waals surface area contributed by atoms with Gasteiger partial charge in [0.2, 0.25) is 0 Å². The molecule has 0 amide bonds. The molecule has 3 aromatic rings. The normalized spacial score (nSPS) is 10.8. The van der Waals surface area contributed by atoms with Gasteiger partial charge in [-0.05, 0) is 44.2 Å². The second kappa shape index (κ2) is 7.23. The van der Waals surface area contributed by atoms with Crippen molar-refractivity contribution in [1.29, 1.82) is 0 Å². The first kappa shape index (κ1) is 16.1. The van der Waals surface area contributed by atoms with Gasteiger partial charge < -0.3 is 24.0 Å². The molecule has 0 saturated carbocycles. The predicted octanol–water partition coefficient (Wildman–Crippen LogP) is 3.63. The number of aliphatic hydroxyl groups is 1. The summed E-state index contributed by atoms with van der Waals surface area (Å²) in [5, 5.41) is 9.08. The maximum atomic E-state index is 9.08. The lowest BCUT2D eigenvalue weighted by Gasteiger charge is -2.11. The van der Waals surface area contributed by atoms with Crippen LogP contribution in [-0.2, 0) is 6.61 Å². The molecule has 0 radical (unpaired) electrons. The van der Waals surface area contributed by atoms with E-state index < -0.39 is 0 Å². The molecule has 126 valence electrons. The molecule has 2 heterocycles. The standard InChI is InChI=1S/C18H20N2O4/c1-3-22-15-7-5-12(9-17(15)23-4-2)14-10-19-18(20-14)16-8-6-13(11-21)24-16/h5-10,21H,3-4,11H2,1-2H3,(H,19,20). The SMILES string of the molecule is CCOc1ccc(-c2cnc(-c3ccc(CO)o3)[nH]2)cc1OCC. The number of benzene rings is 1. The number of imidazole rings is 1. The van der Waals surface area contributed by atoms with Gasteiger partial charge in [-0.1, -0.05) is 0 Å². The first-order valence-corrected chi connectivity index (χ1v) is 7.90. The van der Waals surface area contributed by atoms with Crippen LogP contribution in [0.2, 0.25) is 0 Å². The van der Waals surface area contributed by atoms with E-state index in [0.29, 0.717) is 36.3 Å². The summed E-state index contributed by atoms with van der Waals surface area (Å²) in [7, 11) is 0. The number of nitrogens with zero attached hydrogens (tertiary/aromatic N) is 1. The molecule has 0 unspecified atom stereocenters. The van der Waals surface area contributed by atoms with Crippen molar-refractivity contribution in [3.63, 3.8) is 0 Å². The van der Waals surface area contributed by atoms with Gasteiger partial charge in [-0.15, -0.1) is 0 Å². The van der Waals surface area contributed by atoms with Gasteiger partial charge in [-0.25, -0.2) is 4.98 Å². The van der Waals surface area contributed by atoms with Gasteiger partial charge in [-0.2, -0.15) is 0 Å². The molecule has 24 heavy (non-hydrogen) atoms. The van der Waals surface area contributed by atoms with Gasteiger partial charge >= 0.3 is 0 Å². The van der Waals surface area contributed by atoms with Gasteiger partial charge in [0.15, 0.2) is 23.1 Å². The van der Waals surface area contributed by atoms with E-state index >= 15 is 0 Å². The highest BCUT2D eigenvalue weighted by Crippen LogP contribution is 2.33. The van der Waals surface area contributed by atoms with Crippen LogP contribution in [0.15, 0.2) is 40.9 Å². The van der Waals surface area contributed by atoms with E-state index in [2.05, 4.69) is 9.97 Å². The number of rotatable bonds is 7. The summed E-state index contributed by atoms with van der Waals surface area (Å²) in [5.74, 6) is 3.12. The molecule has 0 fully saturated rings. The molecular weight excluding hydrogens is 308 g/mol. The second-order valence-electron chi connectivity index (χ2n) is 5.10. The average Bonchev–Trinajstić information content (AvgIpc) is 3.26. The van der Waals surface area contributed by atoms with Gasteiger partial charge in [0.25, 0.3) is 0 Å². The highest BCUT2D eigenvalue weighted by molar-refractivity contribution is 5.66. The predicted molar refractivity (Wildman–Crippen MR) is 90.0 cm³/mol. The molecule has 0 aliphatic carbocycles. The maximum Gasteiger partial charge on any atom is 0.173 e. The average molecular weight is 328 g/mol. The van der Waals surface area contributed by atoms with Crippen LogP contribution in [-0.4, -0.2) is 28.3 Å². The van der Waals surface area contributed by atoms with E-state index in [1.165, 1.54) is 0 Å². The summed E-state index contributed by atoms with van der Waals surface area (Å²) in [6, 6.07) is 9.26. The van der Waals surface area contributed by atoms with Crippen molar-refractivity contribution in [2.24, 2.45) is 0 Å². The first-order valence-electron chi connectivity index (χ1n) is 7.90. The molecule has 0 aliphatic heterocycles. The fourth-order valence-electron chi connectivity index (χ4n) is 2.40. The summed E-state index contributed by atoms with van der Waals surface area (Å²) in [4.78, 5) is 7.56. The third-order valence-electron chi connectivity index (χ3n) is 3.48. The molecule has 6 nitrogen and oxygen atoms in total. The number of nitrogens with one attached hydrogen (secondary N) is 1. The van der Waals surface area contributed by atoms with Crippen molar-refractivity contribution in [3.8, 4) is 34.3 Å². The number of hydrogen-bond donors (Lipinski definition) is 2. The minimum atomic E-state index is -0.135. The first-order chi connectivity index (χ1) is 11.7. The van der Waals surface area contributed by atoms with Crippen LogP contribution < -0.4 is 9.47 Å². The smallest absolute Gasteiger partial charge is 0.173 e. The summed E-state index contributed by atoms with van der Waals surface area (Å²) in [6.07, 6.45) is 1.74. The Kier molecular flexibility index (Phi) is 4.86. The maximum absolute atomic E-state index is 9.08. The van der Waals surface area contributed by atoms with Crippen LogP contribution in [0.3, 0.4) is 0 Å². The number of H-pyrrole nitrogens is 1. The summed E-state index contributed by atoms with van der Waals surface area (Å²) in [5.41, 5.74) is 1.78. The zero-order chi connectivity index (χ0) is 16.9. The Morgan fingerprint density at radius 3 is 2.58 bits per heavy atom. The van der Waals surface area contributed by atoms with Crippen molar-refractivity contribution in [2.45, 2.75) is 20.5 Å². The fraction of sp³-hybridized carbons (Fsp3) is 0.278. The Bertz CT molecular complexity index is 807. The molecule has 0 aliphatic rings. The number of furan rings is 1. The van der Waals surface area contributed by atoms with Crippen molar-refractivity contribution >= 4 is 0 Å². The minimum absolute atomic E-state index is 0.135. The molecule has 2 aromatic heterocycles. The number of hydrogen-bond acceptors (Lipinski definition) is 5. The summed E-state index contributed by atoms with van der Waals surface area (Å²) < 4.78 is 16.7. The molecule has 0 bridgehead atoms. The fourth-order valence-corrected chi connectivity index (χ4v) is 2.40. The lowest BCUT2D eigenvalue weighted by molar-refractivity contribution is 0.248. The Hall–Kier alpha value is -2.73. The molecule has 0 spiro atoms. The Labute approximate surface area is 140 Å². The highest BCUT2D eigenvalue weighted by Gasteiger charge is 2.12. The van der Waals surface area contributed by atoms with Crippen LogP contribution in [0.4, 0.5) is 0 Å². The van der Waals surface area contributed by atoms with Crippen LogP contribution in [0, 0.1) is 0 Å². The second-order valence-corrected chi connectivity index (χ2v) is 5.10. The zero-order valence-corrected chi connectivity index (χ0v) is 13.7. The quantitative estimate of drug-likeness (QED) is 0.692. The van der Waals surface area contributed by atoms with Crippen molar-refractivity contribution in [3.05, 3.63) is 42.3 Å². The molecule has 6 heteroatoms. The van der Waals surface area contributed by atoms with E-state index in [0.717, 1.165) is 17.0 Å². The third-order valence-corrected chi connectivity index (χ3v) is 3.48. The van der Waals surface area contributed by atoms with E-state index in [1.54, 1.807) is 18.3 Å². The van der Waals surface area contributed by atoms with E-state index in [4.69, 9.17) is 19.0 Å². The van der Waals surface area contributed by atoms with Crippen LogP contribution in [0.1, 0.15) is 19.6 Å². The molecule has 2 N–H and O–H groups in total. The van der Waals surface area contributed by atoms with Crippen LogP contribution >= 0.6 is 0 Å². The van der Waals surface area contributed by atoms with Crippen molar-refractivity contribution < 1.29 is 19.0 Å². The van der Waals surface area contributed by atoms with Crippen molar-refractivity contribution in [1.82, 2.24) is 9.97 Å². The lowest BCUT2D eigenvalue weighted by atomic mass is 10.1. The highest BCUT2D eigenvalue weighted by atomic mass is 16.5. The minimum Gasteiger partial charge on any atom is -0.490 e. The number of aromatic amines is 1. The van der Waals surface area contributed by atoms with Gasteiger partial charge in [0.05, 0.1) is 25.1 Å². The number of ether oxygens (including phenoxy) is 2. The van der Waals surface area contributed by atoms with E-state index in [9.17, 15) is 0 Å². The van der Waals surface area contributed by atoms with E-state index in [-0.39, 0.29) is 6.61 Å². The Morgan fingerprint density at radius 2 is 1.88 bits per heavy atom.